The van der Waals surface area contributed by atoms with Gasteiger partial charge in [-0.05, 0) is 50.1 Å². The number of carbonyl (C=O) groups excluding carboxylic acids is 1. The van der Waals surface area contributed by atoms with Crippen molar-refractivity contribution >= 4 is 16.9 Å². The second-order valence-electron chi connectivity index (χ2n) is 7.86. The maximum Gasteiger partial charge on any atom is 0.290 e. The Morgan fingerprint density at radius 1 is 1.06 bits per heavy atom. The molecule has 7 nitrogen and oxygen atoms in total. The first-order valence-corrected chi connectivity index (χ1v) is 11.6. The SMILES string of the molecule is C=CCOc1ccc(C2c3c(oc4ccccc4c3=O)C(=O)N2CCCOCC)cc1OCC. The number of hydrogen-bond donors (Lipinski definition) is 0. The van der Waals surface area contributed by atoms with Gasteiger partial charge in [0.05, 0.1) is 23.6 Å². The van der Waals surface area contributed by atoms with Crippen LogP contribution >= 0.6 is 0 Å². The first-order chi connectivity index (χ1) is 16.6. The quantitative estimate of drug-likeness (QED) is 0.302. The van der Waals surface area contributed by atoms with Crippen LogP contribution in [-0.2, 0) is 4.74 Å². The molecule has 0 saturated heterocycles. The molecule has 4 rings (SSSR count). The van der Waals surface area contributed by atoms with Crippen LogP contribution in [0, 0.1) is 0 Å². The largest absolute Gasteiger partial charge is 0.490 e. The number of amides is 1. The van der Waals surface area contributed by atoms with Crippen LogP contribution in [0.2, 0.25) is 0 Å². The molecule has 0 bridgehead atoms. The lowest BCUT2D eigenvalue weighted by Crippen LogP contribution is -2.31. The van der Waals surface area contributed by atoms with Crippen LogP contribution in [0.4, 0.5) is 0 Å². The molecule has 178 valence electrons. The second kappa shape index (κ2) is 10.6. The van der Waals surface area contributed by atoms with Crippen LogP contribution in [0.3, 0.4) is 0 Å². The first kappa shape index (κ1) is 23.6. The fourth-order valence-electron chi connectivity index (χ4n) is 4.26. The van der Waals surface area contributed by atoms with E-state index in [4.69, 9.17) is 18.6 Å². The molecule has 1 aliphatic heterocycles. The highest BCUT2D eigenvalue weighted by atomic mass is 16.5. The molecule has 0 spiro atoms. The fourth-order valence-corrected chi connectivity index (χ4v) is 4.26. The predicted molar refractivity (Wildman–Crippen MR) is 130 cm³/mol. The molecule has 2 aromatic carbocycles. The number of fused-ring (bicyclic) bond motifs is 2. The lowest BCUT2D eigenvalue weighted by atomic mass is 9.98. The van der Waals surface area contributed by atoms with Gasteiger partial charge in [-0.25, -0.2) is 0 Å². The summed E-state index contributed by atoms with van der Waals surface area (Å²) >= 11 is 0. The van der Waals surface area contributed by atoms with E-state index in [1.165, 1.54) is 0 Å². The summed E-state index contributed by atoms with van der Waals surface area (Å²) in [5, 5.41) is 0.450. The lowest BCUT2D eigenvalue weighted by molar-refractivity contribution is 0.0695. The number of hydrogen-bond acceptors (Lipinski definition) is 6. The zero-order valence-electron chi connectivity index (χ0n) is 19.5. The van der Waals surface area contributed by atoms with Crippen molar-refractivity contribution in [3.63, 3.8) is 0 Å². The minimum absolute atomic E-state index is 0.0926. The Morgan fingerprint density at radius 2 is 1.88 bits per heavy atom. The Balaban J connectivity index is 1.83. The lowest BCUT2D eigenvalue weighted by Gasteiger charge is -2.26. The van der Waals surface area contributed by atoms with Crippen LogP contribution in [0.5, 0.6) is 11.5 Å². The highest BCUT2D eigenvalue weighted by molar-refractivity contribution is 5.99. The molecule has 1 amide bonds. The minimum Gasteiger partial charge on any atom is -0.490 e. The Hall–Kier alpha value is -3.58. The van der Waals surface area contributed by atoms with E-state index in [1.54, 1.807) is 41.3 Å². The molecular weight excluding hydrogens is 434 g/mol. The van der Waals surface area contributed by atoms with E-state index in [0.29, 0.717) is 67.4 Å². The van der Waals surface area contributed by atoms with Gasteiger partial charge in [-0.2, -0.15) is 0 Å². The Bertz CT molecular complexity index is 1250. The molecule has 1 unspecified atom stereocenters. The maximum atomic E-state index is 13.6. The average molecular weight is 464 g/mol. The molecule has 0 N–H and O–H groups in total. The number of ether oxygens (including phenoxy) is 3. The summed E-state index contributed by atoms with van der Waals surface area (Å²) in [5.74, 6) is 0.907. The maximum absolute atomic E-state index is 13.6. The minimum atomic E-state index is -0.599. The van der Waals surface area contributed by atoms with Gasteiger partial charge in [-0.1, -0.05) is 30.9 Å². The van der Waals surface area contributed by atoms with Gasteiger partial charge in [0, 0.05) is 19.8 Å². The standard InChI is InChI=1S/C27H29NO6/c1-4-15-33-21-13-12-18(17-22(21)32-6-3)24-23-25(29)19-10-7-8-11-20(19)34-26(23)27(30)28(24)14-9-16-31-5-2/h4,7-8,10-13,17,24H,1,5-6,9,14-16H2,2-3H3. The monoisotopic (exact) mass is 463 g/mol. The number of benzene rings is 2. The van der Waals surface area contributed by atoms with Gasteiger partial charge in [-0.3, -0.25) is 9.59 Å². The van der Waals surface area contributed by atoms with Crippen molar-refractivity contribution < 1.29 is 23.4 Å². The van der Waals surface area contributed by atoms with Gasteiger partial charge in [0.1, 0.15) is 12.2 Å². The normalized spacial score (nSPS) is 14.9. The van der Waals surface area contributed by atoms with Crippen LogP contribution in [-0.4, -0.2) is 43.8 Å². The molecule has 0 aliphatic carbocycles. The van der Waals surface area contributed by atoms with Gasteiger partial charge >= 0.3 is 0 Å². The Kier molecular flexibility index (Phi) is 7.33. The summed E-state index contributed by atoms with van der Waals surface area (Å²) in [4.78, 5) is 28.7. The van der Waals surface area contributed by atoms with E-state index in [2.05, 4.69) is 6.58 Å². The van der Waals surface area contributed by atoms with Crippen molar-refractivity contribution in [2.75, 3.05) is 33.0 Å². The molecule has 3 aromatic rings. The molecule has 1 aliphatic rings. The zero-order valence-corrected chi connectivity index (χ0v) is 19.5. The summed E-state index contributed by atoms with van der Waals surface area (Å²) in [7, 11) is 0. The highest BCUT2D eigenvalue weighted by Crippen LogP contribution is 2.41. The third kappa shape index (κ3) is 4.43. The van der Waals surface area contributed by atoms with E-state index >= 15 is 0 Å². The van der Waals surface area contributed by atoms with Gasteiger partial charge in [-0.15, -0.1) is 0 Å². The van der Waals surface area contributed by atoms with E-state index in [-0.39, 0.29) is 17.1 Å². The molecular formula is C27H29NO6. The zero-order chi connectivity index (χ0) is 24.1. The molecule has 1 atom stereocenters. The smallest absolute Gasteiger partial charge is 0.290 e. The van der Waals surface area contributed by atoms with Crippen LogP contribution in [0.25, 0.3) is 11.0 Å². The van der Waals surface area contributed by atoms with E-state index in [9.17, 15) is 9.59 Å². The van der Waals surface area contributed by atoms with E-state index < -0.39 is 6.04 Å². The number of rotatable bonds is 11. The fraction of sp³-hybridized carbons (Fsp3) is 0.333. The average Bonchev–Trinajstić information content (AvgIpc) is 3.13. The number of para-hydroxylation sites is 1. The van der Waals surface area contributed by atoms with Gasteiger partial charge in [0.25, 0.3) is 5.91 Å². The summed E-state index contributed by atoms with van der Waals surface area (Å²) in [6, 6.07) is 11.9. The van der Waals surface area contributed by atoms with Crippen molar-refractivity contribution in [2.45, 2.75) is 26.3 Å². The Labute approximate surface area is 198 Å². The summed E-state index contributed by atoms with van der Waals surface area (Å²) < 4.78 is 23.0. The molecule has 34 heavy (non-hydrogen) atoms. The molecule has 0 saturated carbocycles. The molecule has 1 aromatic heterocycles. The highest BCUT2D eigenvalue weighted by Gasteiger charge is 2.42. The summed E-state index contributed by atoms with van der Waals surface area (Å²) in [6.45, 7) is 9.83. The number of carbonyl (C=O) groups is 1. The van der Waals surface area contributed by atoms with Gasteiger partial charge in [0.2, 0.25) is 5.76 Å². The molecule has 7 heteroatoms. The molecule has 0 fully saturated rings. The van der Waals surface area contributed by atoms with Crippen molar-refractivity contribution in [1.82, 2.24) is 4.90 Å². The van der Waals surface area contributed by atoms with Gasteiger partial charge < -0.3 is 23.5 Å². The van der Waals surface area contributed by atoms with E-state index in [1.807, 2.05) is 26.0 Å². The third-order valence-corrected chi connectivity index (χ3v) is 5.71. The second-order valence-corrected chi connectivity index (χ2v) is 7.86. The van der Waals surface area contributed by atoms with Crippen molar-refractivity contribution in [2.24, 2.45) is 0 Å². The third-order valence-electron chi connectivity index (χ3n) is 5.71. The Morgan fingerprint density at radius 3 is 2.65 bits per heavy atom. The van der Waals surface area contributed by atoms with Gasteiger partial charge in [0.15, 0.2) is 16.9 Å². The van der Waals surface area contributed by atoms with Crippen LogP contribution in [0.1, 0.15) is 48.0 Å². The first-order valence-electron chi connectivity index (χ1n) is 11.6. The predicted octanol–water partition coefficient (Wildman–Crippen LogP) is 4.73. The van der Waals surface area contributed by atoms with Crippen molar-refractivity contribution in [3.05, 3.63) is 82.2 Å². The molecule has 2 heterocycles. The summed E-state index contributed by atoms with van der Waals surface area (Å²) in [6.07, 6.45) is 2.29. The summed E-state index contributed by atoms with van der Waals surface area (Å²) in [5.41, 5.74) is 1.30. The van der Waals surface area contributed by atoms with Crippen molar-refractivity contribution in [1.29, 1.82) is 0 Å². The molecule has 0 radical (unpaired) electrons. The topological polar surface area (TPSA) is 78.2 Å². The van der Waals surface area contributed by atoms with E-state index in [0.717, 1.165) is 5.56 Å². The van der Waals surface area contributed by atoms with Crippen molar-refractivity contribution in [3.8, 4) is 11.5 Å². The number of nitrogens with zero attached hydrogens (tertiary/aromatic N) is 1. The van der Waals surface area contributed by atoms with Crippen LogP contribution in [0.15, 0.2) is 64.3 Å². The van der Waals surface area contributed by atoms with Crippen LogP contribution < -0.4 is 14.9 Å².